The summed E-state index contributed by atoms with van der Waals surface area (Å²) in [6.07, 6.45) is 5.66. The predicted molar refractivity (Wildman–Crippen MR) is 140 cm³/mol. The molecule has 1 aromatic heterocycles. The highest BCUT2D eigenvalue weighted by atomic mass is 32.2. The molecule has 2 saturated heterocycles. The Morgan fingerprint density at radius 2 is 1.92 bits per heavy atom. The molecule has 2 aliphatic heterocycles. The van der Waals surface area contributed by atoms with Crippen molar-refractivity contribution in [3.63, 3.8) is 0 Å². The average Bonchev–Trinajstić information content (AvgIpc) is 3.78. The lowest BCUT2D eigenvalue weighted by molar-refractivity contribution is -0.174. The normalized spacial score (nSPS) is 22.8. The summed E-state index contributed by atoms with van der Waals surface area (Å²) < 4.78 is 40.6. The van der Waals surface area contributed by atoms with Gasteiger partial charge in [-0.05, 0) is 55.5 Å². The number of carbonyl (C=O) groups is 1. The first-order valence-corrected chi connectivity index (χ1v) is 14.3. The second kappa shape index (κ2) is 9.47. The van der Waals surface area contributed by atoms with Crippen molar-refractivity contribution in [1.29, 1.82) is 0 Å². The lowest BCUT2D eigenvalue weighted by Gasteiger charge is -2.49. The van der Waals surface area contributed by atoms with Gasteiger partial charge in [-0.1, -0.05) is 18.2 Å². The van der Waals surface area contributed by atoms with Crippen LogP contribution in [0.2, 0.25) is 0 Å². The summed E-state index contributed by atoms with van der Waals surface area (Å²) in [6.45, 7) is 2.11. The number of benzene rings is 2. The van der Waals surface area contributed by atoms with Crippen LogP contribution in [0.3, 0.4) is 0 Å². The molecular weight excluding hydrogens is 490 g/mol. The fraction of sp³-hybridized carbons (Fsp3) is 0.429. The van der Waals surface area contributed by atoms with Crippen molar-refractivity contribution < 1.29 is 22.7 Å². The van der Waals surface area contributed by atoms with Crippen molar-refractivity contribution in [1.82, 2.24) is 14.2 Å². The fourth-order valence-electron chi connectivity index (χ4n) is 5.71. The smallest absolute Gasteiger partial charge is 0.243 e. The zero-order valence-electron chi connectivity index (χ0n) is 20.9. The van der Waals surface area contributed by atoms with Gasteiger partial charge in [0.2, 0.25) is 10.0 Å². The largest absolute Gasteiger partial charge is 0.496 e. The number of aldehydes is 1. The number of nitrogens with zero attached hydrogens (tertiary/aromatic N) is 3. The van der Waals surface area contributed by atoms with Crippen molar-refractivity contribution in [2.45, 2.75) is 48.3 Å². The molecule has 3 heterocycles. The minimum atomic E-state index is -3.72. The van der Waals surface area contributed by atoms with Crippen LogP contribution in [0.15, 0.2) is 59.6 Å². The summed E-state index contributed by atoms with van der Waals surface area (Å²) in [5, 5.41) is 1.04. The summed E-state index contributed by atoms with van der Waals surface area (Å²) in [7, 11) is -2.17. The molecule has 3 fully saturated rings. The van der Waals surface area contributed by atoms with Crippen LogP contribution in [-0.4, -0.2) is 79.9 Å². The molecule has 3 aliphatic rings. The maximum Gasteiger partial charge on any atom is 0.243 e. The summed E-state index contributed by atoms with van der Waals surface area (Å²) in [4.78, 5) is 18.6. The fourth-order valence-corrected chi connectivity index (χ4v) is 7.17. The molecule has 1 saturated carbocycles. The molecular formula is C28H31N3O5S. The van der Waals surface area contributed by atoms with Gasteiger partial charge in [0.05, 0.1) is 23.1 Å². The second-order valence-electron chi connectivity index (χ2n) is 10.3. The van der Waals surface area contributed by atoms with Crippen LogP contribution < -0.4 is 4.74 Å². The van der Waals surface area contributed by atoms with Gasteiger partial charge in [0.25, 0.3) is 0 Å². The van der Waals surface area contributed by atoms with Crippen molar-refractivity contribution in [2.75, 3.05) is 33.3 Å². The van der Waals surface area contributed by atoms with Gasteiger partial charge in [0.15, 0.2) is 0 Å². The summed E-state index contributed by atoms with van der Waals surface area (Å²) in [6, 6.07) is 15.5. The molecule has 6 rings (SSSR count). The Balaban J connectivity index is 1.22. The molecule has 1 aliphatic carbocycles. The first-order valence-electron chi connectivity index (χ1n) is 12.8. The lowest BCUT2D eigenvalue weighted by atomic mass is 9.89. The minimum Gasteiger partial charge on any atom is -0.496 e. The molecule has 2 aromatic carbocycles. The molecule has 9 heteroatoms. The summed E-state index contributed by atoms with van der Waals surface area (Å²) >= 11 is 0. The van der Waals surface area contributed by atoms with E-state index in [1.807, 2.05) is 30.3 Å². The SMILES string of the molecule is COc1cc(S(=O)(=O)N2CCC3(CC2)CN(C2CC2)CC(C=O)O3)ccc1-c1ccc2cccnc2c1. The van der Waals surface area contributed by atoms with Crippen LogP contribution >= 0.6 is 0 Å². The van der Waals surface area contributed by atoms with Crippen LogP contribution in [-0.2, 0) is 19.6 Å². The van der Waals surface area contributed by atoms with Gasteiger partial charge in [-0.25, -0.2) is 8.42 Å². The van der Waals surface area contributed by atoms with E-state index < -0.39 is 21.7 Å². The number of aromatic nitrogens is 1. The van der Waals surface area contributed by atoms with Gasteiger partial charge < -0.3 is 14.3 Å². The third-order valence-electron chi connectivity index (χ3n) is 7.88. The van der Waals surface area contributed by atoms with E-state index in [0.717, 1.165) is 47.7 Å². The molecule has 0 bridgehead atoms. The van der Waals surface area contributed by atoms with Crippen LogP contribution in [0, 0.1) is 0 Å². The average molecular weight is 522 g/mol. The van der Waals surface area contributed by atoms with Gasteiger partial charge in [0, 0.05) is 55.4 Å². The topological polar surface area (TPSA) is 89.0 Å². The number of hydrogen-bond donors (Lipinski definition) is 0. The molecule has 8 nitrogen and oxygen atoms in total. The standard InChI is InChI=1S/C28H31N3O5S/c1-35-27-16-24(8-9-25(27)21-5-4-20-3-2-12-29-26(20)15-21)37(33,34)31-13-10-28(11-14-31)19-30(22-6-7-22)17-23(18-32)36-28/h2-5,8-9,12,15-16,18,22-23H,6-7,10-11,13-14,17,19H2,1H3. The van der Waals surface area contributed by atoms with Crippen molar-refractivity contribution in [3.8, 4) is 16.9 Å². The van der Waals surface area contributed by atoms with Crippen molar-refractivity contribution in [3.05, 3.63) is 54.7 Å². The number of pyridine rings is 1. The monoisotopic (exact) mass is 521 g/mol. The highest BCUT2D eigenvalue weighted by molar-refractivity contribution is 7.89. The van der Waals surface area contributed by atoms with Crippen LogP contribution in [0.25, 0.3) is 22.0 Å². The second-order valence-corrected chi connectivity index (χ2v) is 12.3. The quantitative estimate of drug-likeness (QED) is 0.459. The van der Waals surface area contributed by atoms with E-state index in [9.17, 15) is 13.2 Å². The Hall–Kier alpha value is -2.85. The molecule has 1 atom stereocenters. The zero-order valence-corrected chi connectivity index (χ0v) is 21.7. The number of piperidine rings is 1. The van der Waals surface area contributed by atoms with Gasteiger partial charge in [-0.2, -0.15) is 4.31 Å². The summed E-state index contributed by atoms with van der Waals surface area (Å²) in [5.74, 6) is 0.495. The first kappa shape index (κ1) is 24.5. The molecule has 0 radical (unpaired) electrons. The highest BCUT2D eigenvalue weighted by Gasteiger charge is 2.47. The molecule has 1 unspecified atom stereocenters. The molecule has 1 spiro atoms. The summed E-state index contributed by atoms with van der Waals surface area (Å²) in [5.41, 5.74) is 2.11. The molecule has 0 N–H and O–H groups in total. The van der Waals surface area contributed by atoms with Gasteiger partial charge >= 0.3 is 0 Å². The first-order chi connectivity index (χ1) is 17.9. The van der Waals surface area contributed by atoms with E-state index in [0.29, 0.717) is 44.3 Å². The Kier molecular flexibility index (Phi) is 6.27. The Morgan fingerprint density at radius 1 is 1.11 bits per heavy atom. The number of fused-ring (bicyclic) bond motifs is 1. The zero-order chi connectivity index (χ0) is 25.6. The van der Waals surface area contributed by atoms with Gasteiger partial charge in [-0.15, -0.1) is 0 Å². The Bertz CT molecular complexity index is 1430. The third-order valence-corrected chi connectivity index (χ3v) is 9.78. The lowest BCUT2D eigenvalue weighted by Crippen LogP contribution is -2.60. The Morgan fingerprint density at radius 3 is 2.65 bits per heavy atom. The minimum absolute atomic E-state index is 0.206. The number of sulfonamides is 1. The number of ether oxygens (including phenoxy) is 2. The number of carbonyl (C=O) groups excluding carboxylic acids is 1. The van der Waals surface area contributed by atoms with E-state index in [-0.39, 0.29) is 4.90 Å². The van der Waals surface area contributed by atoms with Crippen LogP contribution in [0.5, 0.6) is 5.75 Å². The third kappa shape index (κ3) is 4.65. The number of methoxy groups -OCH3 is 1. The number of morpholine rings is 1. The van der Waals surface area contributed by atoms with Crippen molar-refractivity contribution in [2.24, 2.45) is 0 Å². The van der Waals surface area contributed by atoms with E-state index in [4.69, 9.17) is 9.47 Å². The van der Waals surface area contributed by atoms with E-state index in [2.05, 4.69) is 9.88 Å². The predicted octanol–water partition coefficient (Wildman–Crippen LogP) is 3.50. The van der Waals surface area contributed by atoms with Crippen LogP contribution in [0.1, 0.15) is 25.7 Å². The molecule has 37 heavy (non-hydrogen) atoms. The van der Waals surface area contributed by atoms with Gasteiger partial charge in [-0.3, -0.25) is 9.88 Å². The molecule has 194 valence electrons. The van der Waals surface area contributed by atoms with Gasteiger partial charge in [0.1, 0.15) is 18.1 Å². The number of rotatable bonds is 6. The molecule has 0 amide bonds. The Labute approximate surface area is 217 Å². The van der Waals surface area contributed by atoms with Crippen LogP contribution in [0.4, 0.5) is 0 Å². The van der Waals surface area contributed by atoms with E-state index in [1.54, 1.807) is 31.5 Å². The highest BCUT2D eigenvalue weighted by Crippen LogP contribution is 2.39. The van der Waals surface area contributed by atoms with E-state index >= 15 is 0 Å². The maximum atomic E-state index is 13.6. The van der Waals surface area contributed by atoms with E-state index in [1.165, 1.54) is 4.31 Å². The number of hydrogen-bond acceptors (Lipinski definition) is 7. The van der Waals surface area contributed by atoms with Crippen molar-refractivity contribution >= 4 is 27.2 Å². The maximum absolute atomic E-state index is 13.6. The molecule has 3 aromatic rings.